The van der Waals surface area contributed by atoms with Crippen LogP contribution in [0.25, 0.3) is 0 Å². The van der Waals surface area contributed by atoms with Crippen LogP contribution in [0.15, 0.2) is 60.8 Å². The van der Waals surface area contributed by atoms with E-state index in [0.717, 1.165) is 35.4 Å². The Balaban J connectivity index is 1.57. The molecular weight excluding hydrogens is 364 g/mol. The van der Waals surface area contributed by atoms with Gasteiger partial charge in [-0.2, -0.15) is 0 Å². The van der Waals surface area contributed by atoms with Crippen LogP contribution in [0, 0.1) is 6.92 Å². The average Bonchev–Trinajstić information content (AvgIpc) is 2.73. The molecule has 0 radical (unpaired) electrons. The van der Waals surface area contributed by atoms with Crippen molar-refractivity contribution in [2.75, 3.05) is 6.61 Å². The second-order valence-electron chi connectivity index (χ2n) is 6.85. The van der Waals surface area contributed by atoms with Crippen LogP contribution in [-0.2, 0) is 19.4 Å². The Morgan fingerprint density at radius 3 is 2.48 bits per heavy atom. The van der Waals surface area contributed by atoms with E-state index in [1.54, 1.807) is 0 Å². The van der Waals surface area contributed by atoms with E-state index in [1.807, 2.05) is 61.7 Å². The van der Waals surface area contributed by atoms with Gasteiger partial charge in [0.2, 0.25) is 5.91 Å². The summed E-state index contributed by atoms with van der Waals surface area (Å²) >= 11 is 0. The normalized spacial score (nSPS) is 10.6. The highest BCUT2D eigenvalue weighted by atomic mass is 16.5. The van der Waals surface area contributed by atoms with E-state index in [0.29, 0.717) is 17.9 Å². The van der Waals surface area contributed by atoms with Crippen molar-refractivity contribution in [2.45, 2.75) is 33.3 Å². The lowest BCUT2D eigenvalue weighted by Gasteiger charge is -2.12. The number of ether oxygens (including phenoxy) is 2. The number of amides is 1. The number of primary amides is 1. The van der Waals surface area contributed by atoms with Gasteiger partial charge in [-0.1, -0.05) is 37.3 Å². The van der Waals surface area contributed by atoms with E-state index in [-0.39, 0.29) is 6.61 Å². The highest BCUT2D eigenvalue weighted by Crippen LogP contribution is 2.22. The minimum absolute atomic E-state index is 0.261. The second kappa shape index (κ2) is 9.73. The van der Waals surface area contributed by atoms with E-state index in [1.165, 1.54) is 5.56 Å². The standard InChI is InChI=1S/C24H26N2O3/c1-3-18-10-11-20(26-15-18)12-13-28-21-8-5-9-22(14-21)29-16-19-7-4-6-17(2)23(19)24(25)27/h4-11,14-15H,3,12-13,16H2,1-2H3,(H2,25,27). The van der Waals surface area contributed by atoms with E-state index < -0.39 is 5.91 Å². The summed E-state index contributed by atoms with van der Waals surface area (Å²) in [6, 6.07) is 17.2. The molecule has 2 N–H and O–H groups in total. The number of hydrogen-bond donors (Lipinski definition) is 1. The number of rotatable bonds is 9. The third-order valence-electron chi connectivity index (χ3n) is 4.73. The van der Waals surface area contributed by atoms with Crippen molar-refractivity contribution in [1.29, 1.82) is 0 Å². The summed E-state index contributed by atoms with van der Waals surface area (Å²) in [5.41, 5.74) is 9.87. The van der Waals surface area contributed by atoms with Crippen molar-refractivity contribution < 1.29 is 14.3 Å². The van der Waals surface area contributed by atoms with E-state index in [4.69, 9.17) is 15.2 Å². The van der Waals surface area contributed by atoms with Gasteiger partial charge in [-0.15, -0.1) is 0 Å². The minimum Gasteiger partial charge on any atom is -0.493 e. The Morgan fingerprint density at radius 2 is 1.79 bits per heavy atom. The molecule has 1 heterocycles. The van der Waals surface area contributed by atoms with Crippen LogP contribution in [0.2, 0.25) is 0 Å². The molecule has 2 aromatic carbocycles. The van der Waals surface area contributed by atoms with Crippen LogP contribution in [-0.4, -0.2) is 17.5 Å². The first-order valence-corrected chi connectivity index (χ1v) is 9.74. The predicted molar refractivity (Wildman–Crippen MR) is 113 cm³/mol. The maximum Gasteiger partial charge on any atom is 0.249 e. The molecule has 5 nitrogen and oxygen atoms in total. The van der Waals surface area contributed by atoms with Crippen molar-refractivity contribution >= 4 is 5.91 Å². The maximum atomic E-state index is 11.7. The van der Waals surface area contributed by atoms with Crippen molar-refractivity contribution in [3.8, 4) is 11.5 Å². The van der Waals surface area contributed by atoms with Gasteiger partial charge in [0, 0.05) is 35.5 Å². The monoisotopic (exact) mass is 390 g/mol. The van der Waals surface area contributed by atoms with Crippen LogP contribution in [0.4, 0.5) is 0 Å². The molecule has 0 aliphatic heterocycles. The molecule has 0 fully saturated rings. The molecule has 0 aliphatic carbocycles. The molecule has 5 heteroatoms. The van der Waals surface area contributed by atoms with Gasteiger partial charge in [0.15, 0.2) is 0 Å². The van der Waals surface area contributed by atoms with Gasteiger partial charge in [-0.05, 0) is 42.7 Å². The van der Waals surface area contributed by atoms with Gasteiger partial charge in [-0.3, -0.25) is 9.78 Å². The van der Waals surface area contributed by atoms with Gasteiger partial charge >= 0.3 is 0 Å². The fraction of sp³-hybridized carbons (Fsp3) is 0.250. The lowest BCUT2D eigenvalue weighted by Crippen LogP contribution is -2.16. The first-order valence-electron chi connectivity index (χ1n) is 9.74. The largest absolute Gasteiger partial charge is 0.493 e. The molecule has 29 heavy (non-hydrogen) atoms. The number of pyridine rings is 1. The molecule has 150 valence electrons. The van der Waals surface area contributed by atoms with Crippen molar-refractivity contribution in [2.24, 2.45) is 5.73 Å². The zero-order chi connectivity index (χ0) is 20.6. The summed E-state index contributed by atoms with van der Waals surface area (Å²) in [5.74, 6) is 0.955. The lowest BCUT2D eigenvalue weighted by atomic mass is 10.0. The molecule has 3 aromatic rings. The molecule has 0 atom stereocenters. The third-order valence-corrected chi connectivity index (χ3v) is 4.73. The maximum absolute atomic E-state index is 11.7. The number of carbonyl (C=O) groups excluding carboxylic acids is 1. The third kappa shape index (κ3) is 5.57. The Kier molecular flexibility index (Phi) is 6.85. The molecule has 3 rings (SSSR count). The highest BCUT2D eigenvalue weighted by molar-refractivity contribution is 5.95. The zero-order valence-corrected chi connectivity index (χ0v) is 16.9. The molecule has 0 aliphatic rings. The molecule has 0 saturated carbocycles. The quantitative estimate of drug-likeness (QED) is 0.593. The molecule has 0 spiro atoms. The Bertz CT molecular complexity index is 968. The van der Waals surface area contributed by atoms with Crippen LogP contribution in [0.1, 0.15) is 39.7 Å². The summed E-state index contributed by atoms with van der Waals surface area (Å²) in [7, 11) is 0. The highest BCUT2D eigenvalue weighted by Gasteiger charge is 2.11. The van der Waals surface area contributed by atoms with E-state index in [2.05, 4.69) is 18.0 Å². The van der Waals surface area contributed by atoms with Crippen LogP contribution in [0.3, 0.4) is 0 Å². The summed E-state index contributed by atoms with van der Waals surface area (Å²) in [5, 5.41) is 0. The molecule has 0 unspecified atom stereocenters. The summed E-state index contributed by atoms with van der Waals surface area (Å²) in [6.07, 6.45) is 3.63. The topological polar surface area (TPSA) is 74.4 Å². The summed E-state index contributed by atoms with van der Waals surface area (Å²) in [6.45, 7) is 4.77. The summed E-state index contributed by atoms with van der Waals surface area (Å²) < 4.78 is 11.7. The number of nitrogens with two attached hydrogens (primary N) is 1. The molecule has 0 bridgehead atoms. The predicted octanol–water partition coefficient (Wildman–Crippen LogP) is 4.25. The van der Waals surface area contributed by atoms with E-state index >= 15 is 0 Å². The van der Waals surface area contributed by atoms with Crippen molar-refractivity contribution in [3.63, 3.8) is 0 Å². The lowest BCUT2D eigenvalue weighted by molar-refractivity contribution is 0.0997. The molecular formula is C24H26N2O3. The Labute approximate surface area is 171 Å². The van der Waals surface area contributed by atoms with Crippen LogP contribution < -0.4 is 15.2 Å². The molecule has 1 amide bonds. The number of nitrogens with zero attached hydrogens (tertiary/aromatic N) is 1. The SMILES string of the molecule is CCc1ccc(CCOc2cccc(OCc3cccc(C)c3C(N)=O)c2)nc1. The number of hydrogen-bond acceptors (Lipinski definition) is 4. The van der Waals surface area contributed by atoms with Gasteiger partial charge in [-0.25, -0.2) is 0 Å². The Morgan fingerprint density at radius 1 is 1.03 bits per heavy atom. The van der Waals surface area contributed by atoms with Crippen LogP contribution >= 0.6 is 0 Å². The first kappa shape index (κ1) is 20.4. The molecule has 0 saturated heterocycles. The smallest absolute Gasteiger partial charge is 0.249 e. The fourth-order valence-corrected chi connectivity index (χ4v) is 3.10. The first-order chi connectivity index (χ1) is 14.1. The van der Waals surface area contributed by atoms with Crippen molar-refractivity contribution in [3.05, 3.63) is 88.7 Å². The van der Waals surface area contributed by atoms with E-state index in [9.17, 15) is 4.79 Å². The number of aromatic nitrogens is 1. The second-order valence-corrected chi connectivity index (χ2v) is 6.85. The Hall–Kier alpha value is -3.34. The fourth-order valence-electron chi connectivity index (χ4n) is 3.10. The minimum atomic E-state index is -0.445. The zero-order valence-electron chi connectivity index (χ0n) is 16.9. The summed E-state index contributed by atoms with van der Waals surface area (Å²) in [4.78, 5) is 16.2. The average molecular weight is 390 g/mol. The number of carbonyl (C=O) groups is 1. The van der Waals surface area contributed by atoms with Gasteiger partial charge in [0.1, 0.15) is 18.1 Å². The van der Waals surface area contributed by atoms with Gasteiger partial charge in [0.05, 0.1) is 6.61 Å². The van der Waals surface area contributed by atoms with Crippen molar-refractivity contribution in [1.82, 2.24) is 4.98 Å². The van der Waals surface area contributed by atoms with Gasteiger partial charge in [0.25, 0.3) is 0 Å². The van der Waals surface area contributed by atoms with Crippen LogP contribution in [0.5, 0.6) is 11.5 Å². The van der Waals surface area contributed by atoms with Gasteiger partial charge < -0.3 is 15.2 Å². The number of benzene rings is 2. The molecule has 1 aromatic heterocycles. The number of aryl methyl sites for hydroxylation is 2.